The van der Waals surface area contributed by atoms with Crippen LogP contribution in [0.15, 0.2) is 58.6 Å². The van der Waals surface area contributed by atoms with Gasteiger partial charge in [0.1, 0.15) is 5.75 Å². The maximum Gasteiger partial charge on any atom is 0.180 e. The van der Waals surface area contributed by atoms with Crippen LogP contribution in [0.1, 0.15) is 6.04 Å². The van der Waals surface area contributed by atoms with Crippen molar-refractivity contribution < 1.29 is 13.2 Å². The summed E-state index contributed by atoms with van der Waals surface area (Å²) in [6, 6.07) is 14.2. The van der Waals surface area contributed by atoms with Crippen LogP contribution >= 0.6 is 11.8 Å². The van der Waals surface area contributed by atoms with E-state index in [2.05, 4.69) is 4.98 Å². The average Bonchev–Trinajstić information content (AvgIpc) is 3.14. The van der Waals surface area contributed by atoms with Gasteiger partial charge < -0.3 is 9.30 Å². The molecule has 0 saturated heterocycles. The van der Waals surface area contributed by atoms with E-state index in [0.717, 1.165) is 27.7 Å². The van der Waals surface area contributed by atoms with Crippen LogP contribution in [0.5, 0.6) is 5.75 Å². The lowest BCUT2D eigenvalue weighted by molar-refractivity contribution is 0.415. The van der Waals surface area contributed by atoms with Crippen molar-refractivity contribution in [1.29, 1.82) is 0 Å². The molecule has 2 heterocycles. The lowest BCUT2D eigenvalue weighted by Gasteiger charge is -2.14. The summed E-state index contributed by atoms with van der Waals surface area (Å²) in [4.78, 5) is 4.98. The highest BCUT2D eigenvalue weighted by Crippen LogP contribution is 2.38. The molecule has 124 valence electrons. The van der Waals surface area contributed by atoms with Gasteiger partial charge in [-0.15, -0.1) is 0 Å². The third-order valence-electron chi connectivity index (χ3n) is 4.15. The Kier molecular flexibility index (Phi) is 3.77. The molecule has 7 heteroatoms. The van der Waals surface area contributed by atoms with Gasteiger partial charge in [-0.1, -0.05) is 30.0 Å². The third-order valence-corrected chi connectivity index (χ3v) is 7.06. The summed E-state index contributed by atoms with van der Waals surface area (Å²) in [5, 5.41) is 0.867. The zero-order valence-electron chi connectivity index (χ0n) is 13.0. The molecular formula is C17H16N2O3S2. The Hall–Kier alpha value is -1.99. The molecule has 2 aromatic carbocycles. The largest absolute Gasteiger partial charge is 0.497 e. The molecule has 1 aliphatic rings. The normalized spacial score (nSPS) is 17.1. The number of nitrogens with zero attached hydrogens (tertiary/aromatic N) is 2. The molecule has 4 rings (SSSR count). The third kappa shape index (κ3) is 2.57. The van der Waals surface area contributed by atoms with Crippen molar-refractivity contribution in [2.45, 2.75) is 16.1 Å². The number of methoxy groups -OCH3 is 1. The van der Waals surface area contributed by atoms with Crippen LogP contribution in [0.3, 0.4) is 0 Å². The molecule has 0 radical (unpaired) electrons. The molecule has 3 aromatic rings. The van der Waals surface area contributed by atoms with E-state index in [4.69, 9.17) is 4.74 Å². The number of rotatable bonds is 4. The standard InChI is InChI=1S/C17H16N2O3S2/c1-22-13-7-8-16-15(9-13)18-17-19(16)12(10-23-17)11-24(20,21)14-5-3-2-4-6-14/h2-9,12H,10-11H2,1H3. The molecule has 0 amide bonds. The number of sulfone groups is 1. The van der Waals surface area contributed by atoms with E-state index >= 15 is 0 Å². The summed E-state index contributed by atoms with van der Waals surface area (Å²) >= 11 is 1.60. The highest BCUT2D eigenvalue weighted by atomic mass is 32.2. The van der Waals surface area contributed by atoms with Crippen molar-refractivity contribution in [2.75, 3.05) is 18.6 Å². The van der Waals surface area contributed by atoms with E-state index < -0.39 is 9.84 Å². The van der Waals surface area contributed by atoms with Crippen molar-refractivity contribution >= 4 is 32.6 Å². The van der Waals surface area contributed by atoms with Gasteiger partial charge in [0.2, 0.25) is 0 Å². The van der Waals surface area contributed by atoms with Crippen LogP contribution in [0, 0.1) is 0 Å². The fraction of sp³-hybridized carbons (Fsp3) is 0.235. The number of hydrogen-bond donors (Lipinski definition) is 0. The first-order valence-electron chi connectivity index (χ1n) is 7.55. The van der Waals surface area contributed by atoms with Crippen LogP contribution in [0.25, 0.3) is 11.0 Å². The maximum absolute atomic E-state index is 12.7. The van der Waals surface area contributed by atoms with E-state index in [-0.39, 0.29) is 11.8 Å². The number of fused-ring (bicyclic) bond motifs is 3. The molecule has 0 aliphatic carbocycles. The highest BCUT2D eigenvalue weighted by Gasteiger charge is 2.31. The van der Waals surface area contributed by atoms with Crippen LogP contribution in [-0.2, 0) is 9.84 Å². The van der Waals surface area contributed by atoms with Gasteiger partial charge in [-0.3, -0.25) is 0 Å². The van der Waals surface area contributed by atoms with Crippen molar-refractivity contribution in [3.05, 3.63) is 48.5 Å². The summed E-state index contributed by atoms with van der Waals surface area (Å²) < 4.78 is 32.7. The van der Waals surface area contributed by atoms with Crippen LogP contribution < -0.4 is 4.74 Å². The first-order valence-corrected chi connectivity index (χ1v) is 10.2. The average molecular weight is 360 g/mol. The van der Waals surface area contributed by atoms with Crippen molar-refractivity contribution in [3.8, 4) is 5.75 Å². The van der Waals surface area contributed by atoms with Crippen LogP contribution in [0.4, 0.5) is 0 Å². The monoisotopic (exact) mass is 360 g/mol. The molecule has 5 nitrogen and oxygen atoms in total. The molecule has 24 heavy (non-hydrogen) atoms. The van der Waals surface area contributed by atoms with Crippen molar-refractivity contribution in [1.82, 2.24) is 9.55 Å². The molecule has 1 atom stereocenters. The summed E-state index contributed by atoms with van der Waals surface area (Å²) in [7, 11) is -1.71. The van der Waals surface area contributed by atoms with Crippen LogP contribution in [0.2, 0.25) is 0 Å². The molecule has 0 N–H and O–H groups in total. The maximum atomic E-state index is 12.7. The first kappa shape index (κ1) is 15.5. The smallest absolute Gasteiger partial charge is 0.180 e. The molecule has 1 aliphatic heterocycles. The number of imidazole rings is 1. The van der Waals surface area contributed by atoms with Gasteiger partial charge in [0, 0.05) is 11.8 Å². The minimum atomic E-state index is -3.33. The Morgan fingerprint density at radius 3 is 2.79 bits per heavy atom. The lowest BCUT2D eigenvalue weighted by atomic mass is 10.3. The van der Waals surface area contributed by atoms with Gasteiger partial charge in [0.25, 0.3) is 0 Å². The van der Waals surface area contributed by atoms with Gasteiger partial charge in [0.15, 0.2) is 15.0 Å². The quantitative estimate of drug-likeness (QED) is 0.715. The molecule has 0 fully saturated rings. The molecule has 0 saturated carbocycles. The zero-order valence-corrected chi connectivity index (χ0v) is 14.7. The van der Waals surface area contributed by atoms with Crippen molar-refractivity contribution in [2.24, 2.45) is 0 Å². The number of thioether (sulfide) groups is 1. The number of benzene rings is 2. The molecule has 1 aromatic heterocycles. The minimum Gasteiger partial charge on any atom is -0.497 e. The summed E-state index contributed by atoms with van der Waals surface area (Å²) in [6.45, 7) is 0. The predicted octanol–water partition coefficient (Wildman–Crippen LogP) is 3.17. The fourth-order valence-corrected chi connectivity index (χ4v) is 5.83. The second kappa shape index (κ2) is 5.82. The Balaban J connectivity index is 1.71. The van der Waals surface area contributed by atoms with Gasteiger partial charge in [-0.05, 0) is 24.3 Å². The van der Waals surface area contributed by atoms with Crippen molar-refractivity contribution in [3.63, 3.8) is 0 Å². The van der Waals surface area contributed by atoms with E-state index in [0.29, 0.717) is 4.90 Å². The lowest BCUT2D eigenvalue weighted by Crippen LogP contribution is -2.19. The molecular weight excluding hydrogens is 344 g/mol. The van der Waals surface area contributed by atoms with E-state index in [1.54, 1.807) is 43.1 Å². The number of ether oxygens (including phenoxy) is 1. The van der Waals surface area contributed by atoms with Gasteiger partial charge in [-0.2, -0.15) is 0 Å². The highest BCUT2D eigenvalue weighted by molar-refractivity contribution is 7.99. The first-order chi connectivity index (χ1) is 11.6. The zero-order chi connectivity index (χ0) is 16.7. The van der Waals surface area contributed by atoms with E-state index in [1.807, 2.05) is 28.8 Å². The SMILES string of the molecule is COc1ccc2c(c1)nc1n2C(CS(=O)(=O)c2ccccc2)CS1. The Morgan fingerprint density at radius 2 is 2.04 bits per heavy atom. The second-order valence-corrected chi connectivity index (χ2v) is 8.70. The summed E-state index contributed by atoms with van der Waals surface area (Å²) in [5.41, 5.74) is 1.78. The number of hydrogen-bond acceptors (Lipinski definition) is 5. The minimum absolute atomic E-state index is 0.0779. The van der Waals surface area contributed by atoms with Gasteiger partial charge in [0.05, 0.1) is 34.8 Å². The van der Waals surface area contributed by atoms with E-state index in [1.165, 1.54) is 0 Å². The molecule has 0 bridgehead atoms. The summed E-state index contributed by atoms with van der Waals surface area (Å²) in [5.74, 6) is 1.54. The Morgan fingerprint density at radius 1 is 1.25 bits per heavy atom. The van der Waals surface area contributed by atoms with Gasteiger partial charge in [-0.25, -0.2) is 13.4 Å². The fourth-order valence-electron chi connectivity index (χ4n) is 2.98. The second-order valence-electron chi connectivity index (χ2n) is 5.68. The van der Waals surface area contributed by atoms with E-state index in [9.17, 15) is 8.42 Å². The Bertz CT molecular complexity index is 997. The number of aromatic nitrogens is 2. The molecule has 1 unspecified atom stereocenters. The molecule has 0 spiro atoms. The van der Waals surface area contributed by atoms with Gasteiger partial charge >= 0.3 is 0 Å². The predicted molar refractivity (Wildman–Crippen MR) is 94.5 cm³/mol. The summed E-state index contributed by atoms with van der Waals surface area (Å²) in [6.07, 6.45) is 0. The Labute approximate surface area is 144 Å². The topological polar surface area (TPSA) is 61.2 Å². The van der Waals surface area contributed by atoms with Crippen LogP contribution in [-0.4, -0.2) is 36.6 Å².